The smallest absolute Gasteiger partial charge is 0.0931 e. The molecule has 5 rings (SSSR count). The average Bonchev–Trinajstić information content (AvgIpc) is 3.11. The fourth-order valence-electron chi connectivity index (χ4n) is 2.58. The maximum absolute atomic E-state index is 4.37. The van der Waals surface area contributed by atoms with Crippen LogP contribution in [0.2, 0.25) is 0 Å². The predicted molar refractivity (Wildman–Crippen MR) is 93.1 cm³/mol. The van der Waals surface area contributed by atoms with Crippen LogP contribution in [0.25, 0.3) is 32.8 Å². The zero-order chi connectivity index (χ0) is 15.5. The van der Waals surface area contributed by atoms with Crippen molar-refractivity contribution in [2.45, 2.75) is 0 Å². The van der Waals surface area contributed by atoms with E-state index >= 15 is 0 Å². The molecule has 0 unspecified atom stereocenters. The number of pyridine rings is 2. The first-order chi connectivity index (χ1) is 11.4. The van der Waals surface area contributed by atoms with Gasteiger partial charge in [-0.25, -0.2) is 4.98 Å². The number of fused-ring (bicyclic) bond motifs is 4. The van der Waals surface area contributed by atoms with Gasteiger partial charge in [0.2, 0.25) is 0 Å². The third kappa shape index (κ3) is 3.17. The van der Waals surface area contributed by atoms with Crippen LogP contribution in [0.15, 0.2) is 79.4 Å². The van der Waals surface area contributed by atoms with Crippen LogP contribution in [0.3, 0.4) is 0 Å². The van der Waals surface area contributed by atoms with E-state index in [0.717, 1.165) is 32.8 Å². The number of imidazole rings is 1. The summed E-state index contributed by atoms with van der Waals surface area (Å²) in [5, 5.41) is 2.28. The van der Waals surface area contributed by atoms with Crippen molar-refractivity contribution in [3.05, 3.63) is 79.4 Å². The van der Waals surface area contributed by atoms with Crippen molar-refractivity contribution < 1.29 is 19.5 Å². The fraction of sp³-hybridized carbons (Fsp3) is 0. The van der Waals surface area contributed by atoms with Crippen molar-refractivity contribution in [1.29, 1.82) is 0 Å². The summed E-state index contributed by atoms with van der Waals surface area (Å²) >= 11 is 0. The summed E-state index contributed by atoms with van der Waals surface area (Å²) in [6.07, 6.45) is 5.32. The fourth-order valence-corrected chi connectivity index (χ4v) is 2.58. The Kier molecular flexibility index (Phi) is 4.92. The number of nitrogens with zero attached hydrogens (tertiary/aromatic N) is 3. The molecule has 0 spiro atoms. The van der Waals surface area contributed by atoms with E-state index in [4.69, 9.17) is 0 Å². The van der Waals surface area contributed by atoms with Gasteiger partial charge in [-0.15, -0.1) is 0 Å². The Balaban J connectivity index is 0.000000147. The minimum absolute atomic E-state index is 0. The SMILES string of the molecule is [Ru].c1ccc2[nH]cnc2c1.c1cnc2c(c1)ccc1ncccc12. The number of benzene rings is 2. The maximum atomic E-state index is 4.37. The van der Waals surface area contributed by atoms with Crippen LogP contribution in [0.1, 0.15) is 0 Å². The first-order valence-corrected chi connectivity index (χ1v) is 7.38. The first-order valence-electron chi connectivity index (χ1n) is 7.38. The molecule has 0 saturated heterocycles. The third-order valence-electron chi connectivity index (χ3n) is 3.68. The van der Waals surface area contributed by atoms with Crippen LogP contribution >= 0.6 is 0 Å². The van der Waals surface area contributed by atoms with E-state index in [-0.39, 0.29) is 19.5 Å². The molecule has 0 bridgehead atoms. The van der Waals surface area contributed by atoms with Gasteiger partial charge in [0, 0.05) is 42.6 Å². The molecule has 0 aliphatic rings. The van der Waals surface area contributed by atoms with Crippen molar-refractivity contribution in [3.8, 4) is 0 Å². The molecular weight excluding hydrogens is 385 g/mol. The van der Waals surface area contributed by atoms with Crippen molar-refractivity contribution in [1.82, 2.24) is 19.9 Å². The van der Waals surface area contributed by atoms with Gasteiger partial charge in [0.05, 0.1) is 28.4 Å². The van der Waals surface area contributed by atoms with Crippen molar-refractivity contribution in [2.24, 2.45) is 0 Å². The Morgan fingerprint density at radius 3 is 2.42 bits per heavy atom. The summed E-state index contributed by atoms with van der Waals surface area (Å²) in [5.41, 5.74) is 4.15. The van der Waals surface area contributed by atoms with Gasteiger partial charge in [-0.1, -0.05) is 24.3 Å². The summed E-state index contributed by atoms with van der Waals surface area (Å²) in [6, 6.07) is 20.0. The Labute approximate surface area is 151 Å². The molecular formula is C19H14N4Ru. The zero-order valence-electron chi connectivity index (χ0n) is 12.7. The Bertz CT molecular complexity index is 1000. The molecule has 0 fully saturated rings. The van der Waals surface area contributed by atoms with E-state index in [1.165, 1.54) is 0 Å². The van der Waals surface area contributed by atoms with Gasteiger partial charge in [0.15, 0.2) is 0 Å². The molecule has 5 aromatic rings. The molecule has 0 saturated carbocycles. The van der Waals surface area contributed by atoms with E-state index in [1.54, 1.807) is 12.5 Å². The van der Waals surface area contributed by atoms with Crippen molar-refractivity contribution in [2.75, 3.05) is 0 Å². The van der Waals surface area contributed by atoms with Crippen LogP contribution in [-0.4, -0.2) is 19.9 Å². The molecule has 0 radical (unpaired) electrons. The molecule has 24 heavy (non-hydrogen) atoms. The average molecular weight is 399 g/mol. The van der Waals surface area contributed by atoms with Crippen LogP contribution < -0.4 is 0 Å². The van der Waals surface area contributed by atoms with Crippen molar-refractivity contribution >= 4 is 32.8 Å². The molecule has 1 N–H and O–H groups in total. The van der Waals surface area contributed by atoms with Gasteiger partial charge in [0.25, 0.3) is 0 Å². The normalized spacial score (nSPS) is 10.2. The molecule has 3 heterocycles. The van der Waals surface area contributed by atoms with Gasteiger partial charge in [0.1, 0.15) is 0 Å². The summed E-state index contributed by atoms with van der Waals surface area (Å²) in [7, 11) is 0. The van der Waals surface area contributed by atoms with E-state index in [1.807, 2.05) is 48.7 Å². The van der Waals surface area contributed by atoms with Gasteiger partial charge in [-0.05, 0) is 36.4 Å². The third-order valence-corrected chi connectivity index (χ3v) is 3.68. The van der Waals surface area contributed by atoms with E-state index < -0.39 is 0 Å². The molecule has 5 heteroatoms. The van der Waals surface area contributed by atoms with Gasteiger partial charge in [-0.2, -0.15) is 0 Å². The number of nitrogens with one attached hydrogen (secondary N) is 1. The Morgan fingerprint density at radius 1 is 0.667 bits per heavy atom. The predicted octanol–water partition coefficient (Wildman–Crippen LogP) is 4.34. The first kappa shape index (κ1) is 16.2. The summed E-state index contributed by atoms with van der Waals surface area (Å²) < 4.78 is 0. The maximum Gasteiger partial charge on any atom is 0.0931 e. The second-order valence-electron chi connectivity index (χ2n) is 5.13. The van der Waals surface area contributed by atoms with Crippen LogP contribution in [0.5, 0.6) is 0 Å². The molecule has 2 aromatic carbocycles. The van der Waals surface area contributed by atoms with Crippen LogP contribution in [-0.2, 0) is 19.5 Å². The number of hydrogen-bond donors (Lipinski definition) is 1. The van der Waals surface area contributed by atoms with Gasteiger partial charge in [-0.3, -0.25) is 9.97 Å². The molecule has 4 nitrogen and oxygen atoms in total. The molecule has 3 aromatic heterocycles. The summed E-state index contributed by atoms with van der Waals surface area (Å²) in [4.78, 5) is 15.7. The largest absolute Gasteiger partial charge is 0.345 e. The molecule has 118 valence electrons. The van der Waals surface area contributed by atoms with Crippen LogP contribution in [0, 0.1) is 0 Å². The Hall–Kier alpha value is -2.65. The minimum Gasteiger partial charge on any atom is -0.345 e. The number of hydrogen-bond acceptors (Lipinski definition) is 3. The number of para-hydroxylation sites is 2. The number of H-pyrrole nitrogens is 1. The standard InChI is InChI=1S/C12H8N2.C7H6N2.Ru/c1-3-9-5-6-11-10(4-2-7-13-11)12(9)14-8-1;1-2-4-7-6(3-1)8-5-9-7;/h1-8H;1-5H,(H,8,9);. The van der Waals surface area contributed by atoms with Gasteiger partial charge >= 0.3 is 0 Å². The Morgan fingerprint density at radius 2 is 1.50 bits per heavy atom. The van der Waals surface area contributed by atoms with E-state index in [2.05, 4.69) is 38.1 Å². The quantitative estimate of drug-likeness (QED) is 0.311. The second-order valence-corrected chi connectivity index (χ2v) is 5.13. The van der Waals surface area contributed by atoms with Crippen molar-refractivity contribution in [3.63, 3.8) is 0 Å². The summed E-state index contributed by atoms with van der Waals surface area (Å²) in [5.74, 6) is 0. The molecule has 0 aliphatic heterocycles. The van der Waals surface area contributed by atoms with Gasteiger partial charge < -0.3 is 4.98 Å². The number of aromatic amines is 1. The minimum atomic E-state index is 0. The zero-order valence-corrected chi connectivity index (χ0v) is 14.4. The topological polar surface area (TPSA) is 54.5 Å². The monoisotopic (exact) mass is 400 g/mol. The number of aromatic nitrogens is 4. The number of rotatable bonds is 0. The van der Waals surface area contributed by atoms with E-state index in [9.17, 15) is 0 Å². The van der Waals surface area contributed by atoms with E-state index in [0.29, 0.717) is 0 Å². The molecule has 0 atom stereocenters. The van der Waals surface area contributed by atoms with Crippen LogP contribution in [0.4, 0.5) is 0 Å². The second kappa shape index (κ2) is 7.28. The summed E-state index contributed by atoms with van der Waals surface area (Å²) in [6.45, 7) is 0. The molecule has 0 amide bonds. The molecule has 0 aliphatic carbocycles.